The molecule has 0 radical (unpaired) electrons. The Labute approximate surface area is 462 Å². The molecule has 0 bridgehead atoms. The van der Waals surface area contributed by atoms with Crippen molar-refractivity contribution < 1.29 is 24.5 Å². The van der Waals surface area contributed by atoms with E-state index in [4.69, 9.17) is 4.74 Å². The summed E-state index contributed by atoms with van der Waals surface area (Å²) in [4.78, 5) is 24.6. The minimum absolute atomic E-state index is 0.00816. The van der Waals surface area contributed by atoms with E-state index in [1.807, 2.05) is 6.08 Å². The molecule has 2 atom stereocenters. The van der Waals surface area contributed by atoms with Gasteiger partial charge in [0.15, 0.2) is 0 Å². The Balaban J connectivity index is 3.48. The zero-order valence-electron chi connectivity index (χ0n) is 50.1. The van der Waals surface area contributed by atoms with Crippen LogP contribution in [0.5, 0.6) is 0 Å². The number of aliphatic hydroxyl groups is 2. The largest absolute Gasteiger partial charge is 0.466 e. The fourth-order valence-corrected chi connectivity index (χ4v) is 10.6. The van der Waals surface area contributed by atoms with Crippen molar-refractivity contribution in [3.63, 3.8) is 0 Å². The summed E-state index contributed by atoms with van der Waals surface area (Å²) < 4.78 is 5.49. The van der Waals surface area contributed by atoms with Crippen LogP contribution in [0.15, 0.2) is 24.3 Å². The van der Waals surface area contributed by atoms with E-state index in [0.717, 1.165) is 70.6 Å². The van der Waals surface area contributed by atoms with Crippen LogP contribution in [0.3, 0.4) is 0 Å². The van der Waals surface area contributed by atoms with E-state index in [0.29, 0.717) is 19.4 Å². The Morgan fingerprint density at radius 1 is 0.365 bits per heavy atom. The van der Waals surface area contributed by atoms with Crippen molar-refractivity contribution in [1.82, 2.24) is 5.32 Å². The summed E-state index contributed by atoms with van der Waals surface area (Å²) in [6.07, 6.45) is 79.5. The maximum atomic E-state index is 12.5. The van der Waals surface area contributed by atoms with E-state index in [-0.39, 0.29) is 18.5 Å². The highest BCUT2D eigenvalue weighted by molar-refractivity contribution is 5.76. The number of hydrogen-bond donors (Lipinski definition) is 3. The number of unbranched alkanes of at least 4 members (excludes halogenated alkanes) is 50. The first-order valence-corrected chi connectivity index (χ1v) is 33.6. The number of esters is 1. The Hall–Kier alpha value is -1.66. The second-order valence-electron chi connectivity index (χ2n) is 23.2. The lowest BCUT2D eigenvalue weighted by Gasteiger charge is -2.19. The Kier molecular flexibility index (Phi) is 62.4. The van der Waals surface area contributed by atoms with E-state index in [1.165, 1.54) is 276 Å². The second kappa shape index (κ2) is 63.9. The SMILES string of the molecule is CCCCCCCCCCCCCCCCCCCCCCCCC/C=C/C(O)C(CO)NC(=O)CCCCC/C=C\CCCCCCCCOC(=O)CCCCCCCCCCCCCCCCCCCCC. The molecule has 0 aliphatic heterocycles. The predicted octanol–water partition coefficient (Wildman–Crippen LogP) is 21.4. The number of ether oxygens (including phenoxy) is 1. The molecule has 74 heavy (non-hydrogen) atoms. The van der Waals surface area contributed by atoms with Gasteiger partial charge in [0, 0.05) is 12.8 Å². The molecule has 0 aromatic rings. The molecule has 0 saturated heterocycles. The summed E-state index contributed by atoms with van der Waals surface area (Å²) in [6.45, 7) is 4.90. The lowest BCUT2D eigenvalue weighted by Crippen LogP contribution is -2.45. The molecule has 1 amide bonds. The average molecular weight is 1040 g/mol. The number of carbonyl (C=O) groups excluding carboxylic acids is 2. The molecule has 438 valence electrons. The maximum absolute atomic E-state index is 12.5. The smallest absolute Gasteiger partial charge is 0.305 e. The molecule has 0 spiro atoms. The van der Waals surface area contributed by atoms with E-state index in [2.05, 4.69) is 31.3 Å². The number of rotatable bonds is 63. The molecule has 0 fully saturated rings. The zero-order valence-corrected chi connectivity index (χ0v) is 50.1. The summed E-state index contributed by atoms with van der Waals surface area (Å²) in [6, 6.07) is -0.649. The van der Waals surface area contributed by atoms with Crippen LogP contribution < -0.4 is 5.32 Å². The van der Waals surface area contributed by atoms with Gasteiger partial charge in [0.2, 0.25) is 5.91 Å². The van der Waals surface area contributed by atoms with Gasteiger partial charge < -0.3 is 20.3 Å². The summed E-state index contributed by atoms with van der Waals surface area (Å²) in [5, 5.41) is 23.2. The van der Waals surface area contributed by atoms with Crippen LogP contribution in [0, 0.1) is 0 Å². The van der Waals surface area contributed by atoms with Crippen molar-refractivity contribution in [3.05, 3.63) is 24.3 Å². The number of carbonyl (C=O) groups is 2. The monoisotopic (exact) mass is 1040 g/mol. The van der Waals surface area contributed by atoms with Gasteiger partial charge in [-0.05, 0) is 57.8 Å². The average Bonchev–Trinajstić information content (AvgIpc) is 3.40. The van der Waals surface area contributed by atoms with Gasteiger partial charge in [-0.1, -0.05) is 327 Å². The van der Waals surface area contributed by atoms with Gasteiger partial charge in [-0.25, -0.2) is 0 Å². The Morgan fingerprint density at radius 2 is 0.635 bits per heavy atom. The van der Waals surface area contributed by atoms with Crippen molar-refractivity contribution in [3.8, 4) is 0 Å². The fraction of sp³-hybridized carbons (Fsp3) is 0.912. The van der Waals surface area contributed by atoms with Crippen LogP contribution in [-0.4, -0.2) is 47.4 Å². The first-order valence-electron chi connectivity index (χ1n) is 33.6. The van der Waals surface area contributed by atoms with E-state index in [1.54, 1.807) is 6.08 Å². The third-order valence-corrected chi connectivity index (χ3v) is 15.7. The number of allylic oxidation sites excluding steroid dienone is 3. The van der Waals surface area contributed by atoms with Crippen molar-refractivity contribution >= 4 is 11.9 Å². The molecule has 0 rings (SSSR count). The van der Waals surface area contributed by atoms with Crippen LogP contribution in [0.25, 0.3) is 0 Å². The predicted molar refractivity (Wildman–Crippen MR) is 324 cm³/mol. The van der Waals surface area contributed by atoms with Crippen molar-refractivity contribution in [2.24, 2.45) is 0 Å². The molecule has 6 heteroatoms. The maximum Gasteiger partial charge on any atom is 0.305 e. The quantitative estimate of drug-likeness (QED) is 0.0320. The minimum atomic E-state index is -0.863. The standard InChI is InChI=1S/C68H131NO5/c1-3-5-7-9-11-13-15-17-19-21-23-24-25-26-27-28-30-31-33-36-40-44-48-52-56-60-66(71)65(64-70)69-67(72)61-57-53-49-45-41-37-35-39-43-47-51-55-59-63-74-68(73)62-58-54-50-46-42-38-34-32-29-22-20-18-16-14-12-10-8-6-4-2/h37,41,56,60,65-66,70-71H,3-36,38-40,42-55,57-59,61-64H2,1-2H3,(H,69,72)/b41-37-,60-56+. The Bertz CT molecular complexity index is 1150. The molecule has 2 unspecified atom stereocenters. The summed E-state index contributed by atoms with van der Waals surface area (Å²) in [5.41, 5.74) is 0. The van der Waals surface area contributed by atoms with Gasteiger partial charge in [-0.15, -0.1) is 0 Å². The Morgan fingerprint density at radius 3 is 0.973 bits per heavy atom. The van der Waals surface area contributed by atoms with Crippen LogP contribution >= 0.6 is 0 Å². The molecule has 6 nitrogen and oxygen atoms in total. The molecular weight excluding hydrogens is 911 g/mol. The number of hydrogen-bond acceptors (Lipinski definition) is 5. The van der Waals surface area contributed by atoms with E-state index >= 15 is 0 Å². The van der Waals surface area contributed by atoms with Crippen molar-refractivity contribution in [1.29, 1.82) is 0 Å². The third-order valence-electron chi connectivity index (χ3n) is 15.7. The first kappa shape index (κ1) is 72.3. The van der Waals surface area contributed by atoms with Crippen LogP contribution in [0.2, 0.25) is 0 Å². The van der Waals surface area contributed by atoms with Crippen LogP contribution in [-0.2, 0) is 14.3 Å². The topological polar surface area (TPSA) is 95.9 Å². The summed E-state index contributed by atoms with van der Waals surface area (Å²) >= 11 is 0. The van der Waals surface area contributed by atoms with Crippen molar-refractivity contribution in [2.75, 3.05) is 13.2 Å². The lowest BCUT2D eigenvalue weighted by molar-refractivity contribution is -0.143. The third kappa shape index (κ3) is 59.6. The molecule has 0 heterocycles. The second-order valence-corrected chi connectivity index (χ2v) is 23.2. The molecule has 3 N–H and O–H groups in total. The number of aliphatic hydroxyl groups excluding tert-OH is 2. The van der Waals surface area contributed by atoms with Gasteiger partial charge in [-0.2, -0.15) is 0 Å². The minimum Gasteiger partial charge on any atom is -0.466 e. The van der Waals surface area contributed by atoms with Crippen LogP contribution in [0.1, 0.15) is 373 Å². The van der Waals surface area contributed by atoms with Crippen molar-refractivity contribution in [2.45, 2.75) is 386 Å². The molecular formula is C68H131NO5. The highest BCUT2D eigenvalue weighted by atomic mass is 16.5. The molecule has 0 saturated carbocycles. The molecule has 0 aliphatic rings. The molecule has 0 aliphatic carbocycles. The molecule has 0 aromatic carbocycles. The van der Waals surface area contributed by atoms with Gasteiger partial charge >= 0.3 is 5.97 Å². The summed E-state index contributed by atoms with van der Waals surface area (Å²) in [5.74, 6) is -0.102. The lowest BCUT2D eigenvalue weighted by atomic mass is 10.0. The number of amides is 1. The van der Waals surface area contributed by atoms with E-state index in [9.17, 15) is 19.8 Å². The van der Waals surface area contributed by atoms with Gasteiger partial charge in [-0.3, -0.25) is 9.59 Å². The first-order chi connectivity index (χ1) is 36.5. The zero-order chi connectivity index (χ0) is 53.6. The van der Waals surface area contributed by atoms with E-state index < -0.39 is 12.1 Å². The van der Waals surface area contributed by atoms with Crippen LogP contribution in [0.4, 0.5) is 0 Å². The van der Waals surface area contributed by atoms with Gasteiger partial charge in [0.25, 0.3) is 0 Å². The van der Waals surface area contributed by atoms with Gasteiger partial charge in [0.1, 0.15) is 0 Å². The normalized spacial score (nSPS) is 12.6. The molecule has 0 aromatic heterocycles. The number of nitrogens with one attached hydrogen (secondary N) is 1. The highest BCUT2D eigenvalue weighted by Gasteiger charge is 2.18. The van der Waals surface area contributed by atoms with Gasteiger partial charge in [0.05, 0.1) is 25.4 Å². The summed E-state index contributed by atoms with van der Waals surface area (Å²) in [7, 11) is 0. The highest BCUT2D eigenvalue weighted by Crippen LogP contribution is 2.18. The fourth-order valence-electron chi connectivity index (χ4n) is 10.6.